The molecule has 0 unspecified atom stereocenters. The van der Waals surface area contributed by atoms with Gasteiger partial charge in [-0.05, 0) is 19.8 Å². The Hall–Kier alpha value is -1.27. The third-order valence-electron chi connectivity index (χ3n) is 2.99. The highest BCUT2D eigenvalue weighted by Gasteiger charge is 2.43. The Labute approximate surface area is 104 Å². The Kier molecular flexibility index (Phi) is 4.59. The molecule has 2 atom stereocenters. The van der Waals surface area contributed by atoms with Crippen LogP contribution < -0.4 is 5.32 Å². The Balaban J connectivity index is 2.61. The fourth-order valence-corrected chi connectivity index (χ4v) is 2.08. The topological polar surface area (TPSA) is 49.4 Å². The monoisotopic (exact) mass is 266 g/mol. The van der Waals surface area contributed by atoms with Crippen LogP contribution in [-0.4, -0.2) is 42.0 Å². The number of piperidine rings is 1. The van der Waals surface area contributed by atoms with Crippen molar-refractivity contribution < 1.29 is 22.8 Å². The molecule has 1 fully saturated rings. The van der Waals surface area contributed by atoms with Gasteiger partial charge in [0.1, 0.15) is 6.04 Å². The van der Waals surface area contributed by atoms with E-state index in [4.69, 9.17) is 0 Å². The van der Waals surface area contributed by atoms with Gasteiger partial charge in [-0.3, -0.25) is 9.59 Å². The molecule has 104 valence electrons. The summed E-state index contributed by atoms with van der Waals surface area (Å²) in [5, 5.41) is 2.38. The largest absolute Gasteiger partial charge is 0.393 e. The standard InChI is InChI=1S/C11H17F3N2O2/c1-7(15-8(2)17)10(18)16-5-3-4-9(6-16)11(12,13)14/h7,9H,3-6H2,1-2H3,(H,15,17)/t7-,9-/m1/s1. The van der Waals surface area contributed by atoms with Gasteiger partial charge in [0.2, 0.25) is 11.8 Å². The quantitative estimate of drug-likeness (QED) is 0.819. The van der Waals surface area contributed by atoms with Crippen LogP contribution in [-0.2, 0) is 9.59 Å². The van der Waals surface area contributed by atoms with E-state index < -0.39 is 24.0 Å². The second kappa shape index (κ2) is 5.58. The van der Waals surface area contributed by atoms with Gasteiger partial charge in [0.15, 0.2) is 0 Å². The molecule has 1 heterocycles. The predicted molar refractivity (Wildman–Crippen MR) is 58.6 cm³/mol. The van der Waals surface area contributed by atoms with Crippen LogP contribution in [0.3, 0.4) is 0 Å². The minimum atomic E-state index is -4.27. The Morgan fingerprint density at radius 3 is 2.50 bits per heavy atom. The predicted octanol–water partition coefficient (Wildman–Crippen LogP) is 1.31. The normalized spacial score (nSPS) is 22.5. The molecule has 1 aliphatic rings. The van der Waals surface area contributed by atoms with E-state index >= 15 is 0 Å². The number of rotatable bonds is 2. The summed E-state index contributed by atoms with van der Waals surface area (Å²) >= 11 is 0. The molecule has 0 aromatic heterocycles. The Morgan fingerprint density at radius 1 is 1.39 bits per heavy atom. The Bertz CT molecular complexity index is 331. The maximum Gasteiger partial charge on any atom is 0.393 e. The van der Waals surface area contributed by atoms with Crippen LogP contribution in [0.15, 0.2) is 0 Å². The van der Waals surface area contributed by atoms with Crippen molar-refractivity contribution in [3.63, 3.8) is 0 Å². The van der Waals surface area contributed by atoms with Gasteiger partial charge in [-0.25, -0.2) is 0 Å². The van der Waals surface area contributed by atoms with E-state index in [1.54, 1.807) is 0 Å². The summed E-state index contributed by atoms with van der Waals surface area (Å²) in [7, 11) is 0. The molecule has 1 N–H and O–H groups in total. The number of alkyl halides is 3. The Morgan fingerprint density at radius 2 is 2.00 bits per heavy atom. The van der Waals surface area contributed by atoms with E-state index in [-0.39, 0.29) is 18.9 Å². The number of carbonyl (C=O) groups is 2. The van der Waals surface area contributed by atoms with Crippen LogP contribution in [0.1, 0.15) is 26.7 Å². The first-order valence-electron chi connectivity index (χ1n) is 5.84. The van der Waals surface area contributed by atoms with Crippen LogP contribution in [0.5, 0.6) is 0 Å². The number of likely N-dealkylation sites (tertiary alicyclic amines) is 1. The minimum absolute atomic E-state index is 0.0573. The summed E-state index contributed by atoms with van der Waals surface area (Å²) in [5.41, 5.74) is 0. The number of hydrogen-bond donors (Lipinski definition) is 1. The summed E-state index contributed by atoms with van der Waals surface area (Å²) in [5.74, 6) is -2.29. The number of carbonyl (C=O) groups excluding carboxylic acids is 2. The van der Waals surface area contributed by atoms with Gasteiger partial charge >= 0.3 is 6.18 Å². The van der Waals surface area contributed by atoms with Gasteiger partial charge in [-0.1, -0.05) is 0 Å². The van der Waals surface area contributed by atoms with E-state index in [1.807, 2.05) is 0 Å². The van der Waals surface area contributed by atoms with Crippen LogP contribution >= 0.6 is 0 Å². The zero-order chi connectivity index (χ0) is 13.9. The van der Waals surface area contributed by atoms with Crippen molar-refractivity contribution in [1.82, 2.24) is 10.2 Å². The summed E-state index contributed by atoms with van der Waals surface area (Å²) < 4.78 is 37.7. The smallest absolute Gasteiger partial charge is 0.345 e. The number of nitrogens with one attached hydrogen (secondary N) is 1. The molecule has 4 nitrogen and oxygen atoms in total. The molecular formula is C11H17F3N2O2. The molecule has 0 spiro atoms. The minimum Gasteiger partial charge on any atom is -0.345 e. The van der Waals surface area contributed by atoms with Crippen molar-refractivity contribution >= 4 is 11.8 Å². The van der Waals surface area contributed by atoms with Crippen molar-refractivity contribution in [1.29, 1.82) is 0 Å². The number of hydrogen-bond acceptors (Lipinski definition) is 2. The van der Waals surface area contributed by atoms with Crippen molar-refractivity contribution in [3.8, 4) is 0 Å². The van der Waals surface area contributed by atoms with Crippen molar-refractivity contribution in [2.45, 2.75) is 38.9 Å². The summed E-state index contributed by atoms with van der Waals surface area (Å²) in [6, 6.07) is -0.783. The van der Waals surface area contributed by atoms with Gasteiger partial charge in [0.25, 0.3) is 0 Å². The van der Waals surface area contributed by atoms with Gasteiger partial charge < -0.3 is 10.2 Å². The summed E-state index contributed by atoms with van der Waals surface area (Å²) in [4.78, 5) is 23.8. The summed E-state index contributed by atoms with van der Waals surface area (Å²) in [6.07, 6.45) is -3.87. The molecule has 0 aromatic rings. The number of nitrogens with zero attached hydrogens (tertiary/aromatic N) is 1. The van der Waals surface area contributed by atoms with Crippen molar-refractivity contribution in [2.75, 3.05) is 13.1 Å². The molecule has 0 aromatic carbocycles. The van der Waals surface area contributed by atoms with Crippen LogP contribution in [0.4, 0.5) is 13.2 Å². The lowest BCUT2D eigenvalue weighted by molar-refractivity contribution is -0.188. The molecule has 0 aliphatic carbocycles. The molecular weight excluding hydrogens is 249 g/mol. The van der Waals surface area contributed by atoms with Gasteiger partial charge in [0, 0.05) is 20.0 Å². The molecule has 2 amide bonds. The van der Waals surface area contributed by atoms with E-state index in [9.17, 15) is 22.8 Å². The van der Waals surface area contributed by atoms with E-state index in [0.717, 1.165) is 0 Å². The van der Waals surface area contributed by atoms with Crippen LogP contribution in [0.2, 0.25) is 0 Å². The van der Waals surface area contributed by atoms with Crippen LogP contribution in [0, 0.1) is 5.92 Å². The van der Waals surface area contributed by atoms with Crippen molar-refractivity contribution in [2.24, 2.45) is 5.92 Å². The molecule has 18 heavy (non-hydrogen) atoms. The van der Waals surface area contributed by atoms with Gasteiger partial charge in [0.05, 0.1) is 5.92 Å². The van der Waals surface area contributed by atoms with Crippen LogP contribution in [0.25, 0.3) is 0 Å². The third-order valence-corrected chi connectivity index (χ3v) is 2.99. The van der Waals surface area contributed by atoms with Crippen molar-refractivity contribution in [3.05, 3.63) is 0 Å². The first-order valence-corrected chi connectivity index (χ1v) is 5.84. The highest BCUT2D eigenvalue weighted by Crippen LogP contribution is 2.33. The molecule has 1 aliphatic heterocycles. The zero-order valence-electron chi connectivity index (χ0n) is 10.4. The lowest BCUT2D eigenvalue weighted by Crippen LogP contribution is -2.51. The van der Waals surface area contributed by atoms with Gasteiger partial charge in [-0.15, -0.1) is 0 Å². The average molecular weight is 266 g/mol. The van der Waals surface area contributed by atoms with E-state index in [0.29, 0.717) is 13.0 Å². The highest BCUT2D eigenvalue weighted by atomic mass is 19.4. The van der Waals surface area contributed by atoms with E-state index in [1.165, 1.54) is 18.7 Å². The molecule has 0 bridgehead atoms. The first kappa shape index (κ1) is 14.8. The number of amides is 2. The molecule has 7 heteroatoms. The second-order valence-corrected chi connectivity index (χ2v) is 4.59. The fourth-order valence-electron chi connectivity index (χ4n) is 2.08. The maximum absolute atomic E-state index is 12.6. The number of halogens is 3. The molecule has 0 radical (unpaired) electrons. The average Bonchev–Trinajstić information content (AvgIpc) is 2.26. The molecule has 0 saturated carbocycles. The molecule has 1 rings (SSSR count). The lowest BCUT2D eigenvalue weighted by atomic mass is 9.97. The fraction of sp³-hybridized carbons (Fsp3) is 0.818. The first-order chi connectivity index (χ1) is 8.21. The zero-order valence-corrected chi connectivity index (χ0v) is 10.4. The third kappa shape index (κ3) is 3.89. The van der Waals surface area contributed by atoms with E-state index in [2.05, 4.69) is 5.32 Å². The van der Waals surface area contributed by atoms with Gasteiger partial charge in [-0.2, -0.15) is 13.2 Å². The summed E-state index contributed by atoms with van der Waals surface area (Å²) in [6.45, 7) is 2.74. The maximum atomic E-state index is 12.6. The molecule has 1 saturated heterocycles. The second-order valence-electron chi connectivity index (χ2n) is 4.59. The highest BCUT2D eigenvalue weighted by molar-refractivity contribution is 5.86. The lowest BCUT2D eigenvalue weighted by Gasteiger charge is -2.35. The SMILES string of the molecule is CC(=O)N[C@H](C)C(=O)N1CCC[C@@H](C(F)(F)F)C1.